The lowest BCUT2D eigenvalue weighted by atomic mass is 10.0. The topological polar surface area (TPSA) is 65.6 Å². The van der Waals surface area contributed by atoms with Gasteiger partial charge in [0.05, 0.1) is 11.1 Å². The molecule has 31 heavy (non-hydrogen) atoms. The number of hydrogen-bond donors (Lipinski definition) is 2. The smallest absolute Gasteiger partial charge is 0.231 e. The number of H-pyrrole nitrogens is 1. The molecule has 5 nitrogen and oxygen atoms in total. The Labute approximate surface area is 183 Å². The minimum absolute atomic E-state index is 0.143. The van der Waals surface area contributed by atoms with Crippen molar-refractivity contribution in [2.45, 2.75) is 46.1 Å². The number of ketones is 1. The Kier molecular flexibility index (Phi) is 6.42. The molecule has 162 valence electrons. The summed E-state index contributed by atoms with van der Waals surface area (Å²) in [4.78, 5) is 18.6. The van der Waals surface area contributed by atoms with Crippen molar-refractivity contribution >= 4 is 22.8 Å². The van der Waals surface area contributed by atoms with Crippen LogP contribution in [0.1, 0.15) is 61.0 Å². The van der Waals surface area contributed by atoms with E-state index in [0.717, 1.165) is 55.2 Å². The highest BCUT2D eigenvalue weighted by molar-refractivity contribution is 6.15. The summed E-state index contributed by atoms with van der Waals surface area (Å²) in [6.07, 6.45) is 8.11. The number of nitrogens with zero attached hydrogens (tertiary/aromatic N) is 1. The van der Waals surface area contributed by atoms with Crippen molar-refractivity contribution in [1.82, 2.24) is 9.88 Å². The van der Waals surface area contributed by atoms with E-state index in [-0.39, 0.29) is 11.5 Å². The number of aromatic amines is 1. The number of para-hydroxylation sites is 1. The van der Waals surface area contributed by atoms with Crippen molar-refractivity contribution < 1.29 is 14.6 Å². The van der Waals surface area contributed by atoms with Crippen LogP contribution in [0.15, 0.2) is 48.4 Å². The van der Waals surface area contributed by atoms with Crippen LogP contribution in [0, 0.1) is 0 Å². The molecule has 0 aliphatic carbocycles. The summed E-state index contributed by atoms with van der Waals surface area (Å²) in [6, 6.07) is 11.2. The van der Waals surface area contributed by atoms with Crippen LogP contribution in [0.25, 0.3) is 17.0 Å². The van der Waals surface area contributed by atoms with Crippen molar-refractivity contribution in [1.29, 1.82) is 0 Å². The first-order valence-corrected chi connectivity index (χ1v) is 11.2. The SMILES string of the molecule is CCCCN(CCCC)Cc1c(O)ccc2c1O/C(=C/c1c[nH]c3ccccc13)C2=O. The van der Waals surface area contributed by atoms with Gasteiger partial charge in [0.25, 0.3) is 0 Å². The Morgan fingerprint density at radius 1 is 1.06 bits per heavy atom. The number of phenolic OH excluding ortho intramolecular Hbond substituents is 1. The molecule has 4 rings (SSSR count). The predicted octanol–water partition coefficient (Wildman–Crippen LogP) is 5.89. The fourth-order valence-electron chi connectivity index (χ4n) is 4.06. The van der Waals surface area contributed by atoms with Gasteiger partial charge in [-0.15, -0.1) is 0 Å². The van der Waals surface area contributed by atoms with E-state index in [0.29, 0.717) is 29.2 Å². The van der Waals surface area contributed by atoms with Crippen LogP contribution in [0.5, 0.6) is 11.5 Å². The zero-order chi connectivity index (χ0) is 21.8. The van der Waals surface area contributed by atoms with Crippen LogP contribution in [0.4, 0.5) is 0 Å². The molecular weight excluding hydrogens is 388 g/mol. The predicted molar refractivity (Wildman–Crippen MR) is 124 cm³/mol. The molecule has 2 aromatic carbocycles. The third-order valence-corrected chi connectivity index (χ3v) is 5.86. The largest absolute Gasteiger partial charge is 0.507 e. The average Bonchev–Trinajstić information content (AvgIpc) is 3.33. The van der Waals surface area contributed by atoms with Gasteiger partial charge in [-0.05, 0) is 50.2 Å². The van der Waals surface area contributed by atoms with Gasteiger partial charge in [0, 0.05) is 29.2 Å². The molecule has 2 N–H and O–H groups in total. The average molecular weight is 419 g/mol. The van der Waals surface area contributed by atoms with Crippen LogP contribution in [0.2, 0.25) is 0 Å². The molecule has 1 aromatic heterocycles. The van der Waals surface area contributed by atoms with Gasteiger partial charge >= 0.3 is 0 Å². The number of ether oxygens (including phenoxy) is 1. The highest BCUT2D eigenvalue weighted by Gasteiger charge is 2.31. The van der Waals surface area contributed by atoms with E-state index in [1.807, 2.05) is 30.5 Å². The number of aromatic hydroxyl groups is 1. The van der Waals surface area contributed by atoms with Crippen molar-refractivity contribution in [3.05, 3.63) is 65.0 Å². The Morgan fingerprint density at radius 2 is 1.81 bits per heavy atom. The van der Waals surface area contributed by atoms with E-state index in [2.05, 4.69) is 23.7 Å². The monoisotopic (exact) mass is 418 g/mol. The molecule has 0 bridgehead atoms. The number of unbranched alkanes of at least 4 members (excludes halogenated alkanes) is 2. The van der Waals surface area contributed by atoms with Gasteiger partial charge in [-0.1, -0.05) is 44.9 Å². The summed E-state index contributed by atoms with van der Waals surface area (Å²) in [6.45, 7) is 6.86. The minimum Gasteiger partial charge on any atom is -0.507 e. The maximum atomic E-state index is 13.1. The third-order valence-electron chi connectivity index (χ3n) is 5.86. The summed E-state index contributed by atoms with van der Waals surface area (Å²) < 4.78 is 6.07. The molecule has 0 radical (unpaired) electrons. The van der Waals surface area contributed by atoms with E-state index in [1.165, 1.54) is 0 Å². The second kappa shape index (κ2) is 9.40. The van der Waals surface area contributed by atoms with Crippen molar-refractivity contribution in [3.63, 3.8) is 0 Å². The minimum atomic E-state index is -0.143. The zero-order valence-electron chi connectivity index (χ0n) is 18.3. The van der Waals surface area contributed by atoms with Crippen LogP contribution in [0.3, 0.4) is 0 Å². The fourth-order valence-corrected chi connectivity index (χ4v) is 4.06. The Bertz CT molecular complexity index is 1110. The third kappa shape index (κ3) is 4.37. The molecule has 1 aliphatic rings. The van der Waals surface area contributed by atoms with E-state index in [9.17, 15) is 9.90 Å². The molecular formula is C26H30N2O3. The Balaban J connectivity index is 1.64. The molecule has 3 aromatic rings. The lowest BCUT2D eigenvalue weighted by Crippen LogP contribution is -2.25. The number of phenols is 1. The summed E-state index contributed by atoms with van der Waals surface area (Å²) in [5, 5.41) is 11.6. The highest BCUT2D eigenvalue weighted by Crippen LogP contribution is 2.40. The Hall–Kier alpha value is -3.05. The van der Waals surface area contributed by atoms with E-state index >= 15 is 0 Å². The molecule has 2 heterocycles. The van der Waals surface area contributed by atoms with Crippen LogP contribution < -0.4 is 4.74 Å². The van der Waals surface area contributed by atoms with Gasteiger partial charge in [0.15, 0.2) is 5.76 Å². The van der Waals surface area contributed by atoms with Crippen molar-refractivity contribution in [2.75, 3.05) is 13.1 Å². The molecule has 1 aliphatic heterocycles. The second-order valence-electron chi connectivity index (χ2n) is 8.15. The zero-order valence-corrected chi connectivity index (χ0v) is 18.3. The Morgan fingerprint density at radius 3 is 2.55 bits per heavy atom. The number of aromatic nitrogens is 1. The van der Waals surface area contributed by atoms with Crippen LogP contribution >= 0.6 is 0 Å². The van der Waals surface area contributed by atoms with Crippen LogP contribution in [-0.2, 0) is 6.54 Å². The normalized spacial score (nSPS) is 14.5. The van der Waals surface area contributed by atoms with Crippen molar-refractivity contribution in [3.8, 4) is 11.5 Å². The van der Waals surface area contributed by atoms with E-state index in [4.69, 9.17) is 4.74 Å². The first-order valence-electron chi connectivity index (χ1n) is 11.2. The molecule has 0 saturated heterocycles. The standard InChI is InChI=1S/C26H30N2O3/c1-3-5-13-28(14-6-4-2)17-21-23(29)12-11-20-25(30)24(31-26(20)21)15-18-16-27-22-10-8-7-9-19(18)22/h7-12,15-16,27,29H,3-6,13-14,17H2,1-2H3/b24-15+. The molecule has 5 heteroatoms. The van der Waals surface area contributed by atoms with Gasteiger partial charge in [-0.2, -0.15) is 0 Å². The number of nitrogens with one attached hydrogen (secondary N) is 1. The first-order chi connectivity index (χ1) is 15.1. The molecule has 0 fully saturated rings. The van der Waals surface area contributed by atoms with E-state index < -0.39 is 0 Å². The number of hydrogen-bond acceptors (Lipinski definition) is 4. The summed E-state index contributed by atoms with van der Waals surface area (Å²) >= 11 is 0. The number of Topliss-reactive ketones (excluding diaryl/α,β-unsaturated/α-hetero) is 1. The molecule has 0 atom stereocenters. The van der Waals surface area contributed by atoms with E-state index in [1.54, 1.807) is 18.2 Å². The molecule has 0 unspecified atom stereocenters. The summed E-state index contributed by atoms with van der Waals surface area (Å²) in [5.41, 5.74) is 3.13. The fraction of sp³-hybridized carbons (Fsp3) is 0.346. The summed E-state index contributed by atoms with van der Waals surface area (Å²) in [7, 11) is 0. The number of fused-ring (bicyclic) bond motifs is 2. The maximum Gasteiger partial charge on any atom is 0.231 e. The number of carbonyl (C=O) groups excluding carboxylic acids is 1. The van der Waals surface area contributed by atoms with Crippen molar-refractivity contribution in [2.24, 2.45) is 0 Å². The number of carbonyl (C=O) groups is 1. The quantitative estimate of drug-likeness (QED) is 0.425. The highest BCUT2D eigenvalue weighted by atomic mass is 16.5. The second-order valence-corrected chi connectivity index (χ2v) is 8.15. The molecule has 0 amide bonds. The van der Waals surface area contributed by atoms with Gasteiger partial charge in [-0.25, -0.2) is 0 Å². The van der Waals surface area contributed by atoms with Gasteiger partial charge < -0.3 is 14.8 Å². The van der Waals surface area contributed by atoms with Gasteiger partial charge in [0.2, 0.25) is 5.78 Å². The van der Waals surface area contributed by atoms with Gasteiger partial charge in [0.1, 0.15) is 11.5 Å². The van der Waals surface area contributed by atoms with Crippen LogP contribution in [-0.4, -0.2) is 33.9 Å². The molecule has 0 spiro atoms. The first kappa shape index (κ1) is 21.2. The van der Waals surface area contributed by atoms with Gasteiger partial charge in [-0.3, -0.25) is 9.69 Å². The lowest BCUT2D eigenvalue weighted by molar-refractivity contribution is 0.101. The number of rotatable bonds is 9. The lowest BCUT2D eigenvalue weighted by Gasteiger charge is -2.23. The maximum absolute atomic E-state index is 13.1. The summed E-state index contributed by atoms with van der Waals surface area (Å²) in [5.74, 6) is 0.822. The number of allylic oxidation sites excluding steroid dienone is 1. The number of benzene rings is 2. The molecule has 0 saturated carbocycles.